The van der Waals surface area contributed by atoms with Gasteiger partial charge in [-0.15, -0.1) is 0 Å². The number of nitrogens with zero attached hydrogens (tertiary/aromatic N) is 2. The van der Waals surface area contributed by atoms with E-state index in [0.29, 0.717) is 41.6 Å². The lowest BCUT2D eigenvalue weighted by atomic mass is 10.0. The van der Waals surface area contributed by atoms with Gasteiger partial charge < -0.3 is 29.0 Å². The Balaban J connectivity index is 1.62. The van der Waals surface area contributed by atoms with E-state index in [4.69, 9.17) is 29.0 Å². The van der Waals surface area contributed by atoms with Gasteiger partial charge in [0.15, 0.2) is 29.1 Å². The third-order valence-electron chi connectivity index (χ3n) is 4.27. The van der Waals surface area contributed by atoms with Crippen molar-refractivity contribution in [2.45, 2.75) is 12.5 Å². The maximum atomic E-state index is 8.63. The molecule has 0 fully saturated rings. The van der Waals surface area contributed by atoms with E-state index in [-0.39, 0.29) is 6.10 Å². The molecule has 0 saturated carbocycles. The molecule has 148 valence electrons. The fourth-order valence-electron chi connectivity index (χ4n) is 2.84. The zero-order valence-corrected chi connectivity index (χ0v) is 15.9. The number of hydrogen-bond donors (Lipinski definition) is 1. The van der Waals surface area contributed by atoms with Crippen LogP contribution in [0.5, 0.6) is 23.0 Å². The molecule has 0 spiro atoms. The van der Waals surface area contributed by atoms with Crippen molar-refractivity contribution in [1.82, 2.24) is 0 Å². The SMILES string of the molecule is COc1ccc(C2=NOC(COc3ccc(/C=N/O)cc3OC)C2)cc1OC. The first kappa shape index (κ1) is 19.3. The van der Waals surface area contributed by atoms with Crippen LogP contribution in [-0.4, -0.2) is 51.2 Å². The lowest BCUT2D eigenvalue weighted by Crippen LogP contribution is -2.18. The summed E-state index contributed by atoms with van der Waals surface area (Å²) >= 11 is 0. The van der Waals surface area contributed by atoms with Gasteiger partial charge in [-0.1, -0.05) is 10.3 Å². The summed E-state index contributed by atoms with van der Waals surface area (Å²) in [4.78, 5) is 5.50. The first-order chi connectivity index (χ1) is 13.7. The molecule has 1 unspecified atom stereocenters. The average molecular weight is 386 g/mol. The van der Waals surface area contributed by atoms with Crippen molar-refractivity contribution in [3.05, 3.63) is 47.5 Å². The van der Waals surface area contributed by atoms with Crippen LogP contribution in [0.4, 0.5) is 0 Å². The summed E-state index contributed by atoms with van der Waals surface area (Å²) in [6.45, 7) is 0.310. The zero-order chi connectivity index (χ0) is 19.9. The molecule has 8 nitrogen and oxygen atoms in total. The second-order valence-electron chi connectivity index (χ2n) is 6.01. The maximum Gasteiger partial charge on any atom is 0.167 e. The molecule has 1 aliphatic heterocycles. The van der Waals surface area contributed by atoms with Crippen molar-refractivity contribution < 1.29 is 29.0 Å². The molecule has 2 aromatic rings. The Kier molecular flexibility index (Phi) is 6.21. The van der Waals surface area contributed by atoms with Gasteiger partial charge >= 0.3 is 0 Å². The van der Waals surface area contributed by atoms with Gasteiger partial charge in [0, 0.05) is 17.5 Å². The number of methoxy groups -OCH3 is 3. The lowest BCUT2D eigenvalue weighted by molar-refractivity contribution is 0.0463. The van der Waals surface area contributed by atoms with Crippen molar-refractivity contribution in [3.63, 3.8) is 0 Å². The lowest BCUT2D eigenvalue weighted by Gasteiger charge is -2.13. The molecule has 0 saturated heterocycles. The van der Waals surface area contributed by atoms with Crippen LogP contribution in [0.1, 0.15) is 17.5 Å². The van der Waals surface area contributed by atoms with Crippen molar-refractivity contribution in [3.8, 4) is 23.0 Å². The molecule has 1 aliphatic rings. The van der Waals surface area contributed by atoms with Crippen LogP contribution in [0.2, 0.25) is 0 Å². The van der Waals surface area contributed by atoms with Gasteiger partial charge in [0.2, 0.25) is 0 Å². The summed E-state index contributed by atoms with van der Waals surface area (Å²) in [5, 5.41) is 15.8. The maximum absolute atomic E-state index is 8.63. The molecule has 28 heavy (non-hydrogen) atoms. The second-order valence-corrected chi connectivity index (χ2v) is 6.01. The van der Waals surface area contributed by atoms with Crippen molar-refractivity contribution in [2.24, 2.45) is 10.3 Å². The van der Waals surface area contributed by atoms with Crippen LogP contribution < -0.4 is 18.9 Å². The molecule has 0 radical (unpaired) electrons. The Labute approximate surface area is 162 Å². The minimum atomic E-state index is -0.216. The second kappa shape index (κ2) is 8.98. The Hall–Kier alpha value is -3.42. The smallest absolute Gasteiger partial charge is 0.167 e. The van der Waals surface area contributed by atoms with Crippen LogP contribution in [0, 0.1) is 0 Å². The quantitative estimate of drug-likeness (QED) is 0.426. The van der Waals surface area contributed by atoms with Gasteiger partial charge in [-0.25, -0.2) is 0 Å². The number of rotatable bonds is 8. The van der Waals surface area contributed by atoms with E-state index >= 15 is 0 Å². The van der Waals surface area contributed by atoms with Crippen LogP contribution in [0.25, 0.3) is 0 Å². The number of ether oxygens (including phenoxy) is 4. The molecule has 1 heterocycles. The Morgan fingerprint density at radius 2 is 1.75 bits per heavy atom. The standard InChI is InChI=1S/C20H22N2O6/c1-24-17-7-5-14(9-20(17)26-3)16-10-15(28-22-16)12-27-18-6-4-13(11-21-23)8-19(18)25-2/h4-9,11,15,23H,10,12H2,1-3H3/b21-11+. The minimum Gasteiger partial charge on any atom is -0.493 e. The molecule has 1 atom stereocenters. The van der Waals surface area contributed by atoms with Crippen molar-refractivity contribution >= 4 is 11.9 Å². The summed E-state index contributed by atoms with van der Waals surface area (Å²) in [5.41, 5.74) is 2.42. The normalized spacial score (nSPS) is 15.8. The summed E-state index contributed by atoms with van der Waals surface area (Å²) < 4.78 is 21.8. The third kappa shape index (κ3) is 4.28. The van der Waals surface area contributed by atoms with E-state index < -0.39 is 0 Å². The molecule has 1 N–H and O–H groups in total. The number of benzene rings is 2. The summed E-state index contributed by atoms with van der Waals surface area (Å²) in [7, 11) is 4.74. The number of oxime groups is 2. The summed E-state index contributed by atoms with van der Waals surface area (Å²) in [5.74, 6) is 2.41. The van der Waals surface area contributed by atoms with E-state index in [1.807, 2.05) is 18.2 Å². The molecule has 0 amide bonds. The molecule has 2 aromatic carbocycles. The molecule has 8 heteroatoms. The molecule has 0 bridgehead atoms. The third-order valence-corrected chi connectivity index (χ3v) is 4.27. The van der Waals surface area contributed by atoms with E-state index in [2.05, 4.69) is 10.3 Å². The van der Waals surface area contributed by atoms with E-state index in [1.165, 1.54) is 6.21 Å². The predicted molar refractivity (Wildman–Crippen MR) is 103 cm³/mol. The van der Waals surface area contributed by atoms with Gasteiger partial charge in [-0.05, 0) is 36.4 Å². The van der Waals surface area contributed by atoms with E-state index in [1.54, 1.807) is 39.5 Å². The van der Waals surface area contributed by atoms with Crippen molar-refractivity contribution in [2.75, 3.05) is 27.9 Å². The highest BCUT2D eigenvalue weighted by molar-refractivity contribution is 6.01. The Bertz CT molecular complexity index is 881. The molecule has 3 rings (SSSR count). The monoisotopic (exact) mass is 386 g/mol. The Morgan fingerprint density at radius 1 is 1.04 bits per heavy atom. The van der Waals surface area contributed by atoms with Crippen molar-refractivity contribution in [1.29, 1.82) is 0 Å². The first-order valence-electron chi connectivity index (χ1n) is 8.61. The molecule has 0 aliphatic carbocycles. The fraction of sp³-hybridized carbons (Fsp3) is 0.300. The van der Waals surface area contributed by atoms with Gasteiger partial charge in [-0.2, -0.15) is 0 Å². The molecule has 0 aromatic heterocycles. The van der Waals surface area contributed by atoms with Gasteiger partial charge in [0.25, 0.3) is 0 Å². The van der Waals surface area contributed by atoms with Gasteiger partial charge in [0.1, 0.15) is 6.61 Å². The summed E-state index contributed by atoms with van der Waals surface area (Å²) in [6, 6.07) is 10.9. The van der Waals surface area contributed by atoms with Crippen LogP contribution in [0.15, 0.2) is 46.7 Å². The highest BCUT2D eigenvalue weighted by Crippen LogP contribution is 2.31. The van der Waals surface area contributed by atoms with Crippen LogP contribution >= 0.6 is 0 Å². The predicted octanol–water partition coefficient (Wildman–Crippen LogP) is 3.09. The fourth-order valence-corrected chi connectivity index (χ4v) is 2.84. The van der Waals surface area contributed by atoms with E-state index in [0.717, 1.165) is 11.3 Å². The van der Waals surface area contributed by atoms with Gasteiger partial charge in [0.05, 0.1) is 33.3 Å². The largest absolute Gasteiger partial charge is 0.493 e. The van der Waals surface area contributed by atoms with Crippen LogP contribution in [0.3, 0.4) is 0 Å². The topological polar surface area (TPSA) is 91.1 Å². The van der Waals surface area contributed by atoms with Crippen LogP contribution in [-0.2, 0) is 4.84 Å². The Morgan fingerprint density at radius 3 is 2.46 bits per heavy atom. The zero-order valence-electron chi connectivity index (χ0n) is 15.9. The number of hydrogen-bond acceptors (Lipinski definition) is 8. The average Bonchev–Trinajstić information content (AvgIpc) is 3.21. The molecular formula is C20H22N2O6. The highest BCUT2D eigenvalue weighted by atomic mass is 16.7. The first-order valence-corrected chi connectivity index (χ1v) is 8.61. The van der Waals surface area contributed by atoms with Gasteiger partial charge in [-0.3, -0.25) is 0 Å². The molecular weight excluding hydrogens is 364 g/mol. The van der Waals surface area contributed by atoms with E-state index in [9.17, 15) is 0 Å². The summed E-state index contributed by atoms with van der Waals surface area (Å²) in [6.07, 6.45) is 1.70. The highest BCUT2D eigenvalue weighted by Gasteiger charge is 2.24. The minimum absolute atomic E-state index is 0.216.